The van der Waals surface area contributed by atoms with E-state index in [9.17, 15) is 29.8 Å². The van der Waals surface area contributed by atoms with Crippen LogP contribution >= 0.6 is 0 Å². The van der Waals surface area contributed by atoms with Crippen molar-refractivity contribution in [2.24, 2.45) is 0 Å². The van der Waals surface area contributed by atoms with Gasteiger partial charge in [-0.25, -0.2) is 0 Å². The van der Waals surface area contributed by atoms with Crippen LogP contribution in [0.25, 0.3) is 0 Å². The third-order valence-corrected chi connectivity index (χ3v) is 3.97. The second-order valence-electron chi connectivity index (χ2n) is 6.15. The van der Waals surface area contributed by atoms with E-state index in [0.29, 0.717) is 18.5 Å². The lowest BCUT2D eigenvalue weighted by molar-refractivity contribution is -0.394. The normalized spacial score (nSPS) is 10.2. The van der Waals surface area contributed by atoms with Crippen LogP contribution in [0.5, 0.6) is 0 Å². The van der Waals surface area contributed by atoms with Crippen molar-refractivity contribution in [1.82, 2.24) is 4.90 Å². The Bertz CT molecular complexity index is 924. The molecule has 0 radical (unpaired) electrons. The van der Waals surface area contributed by atoms with Gasteiger partial charge in [-0.05, 0) is 30.2 Å². The number of rotatable bonds is 7. The van der Waals surface area contributed by atoms with Gasteiger partial charge in [-0.2, -0.15) is 0 Å². The molecule has 10 heteroatoms. The summed E-state index contributed by atoms with van der Waals surface area (Å²) in [4.78, 5) is 45.8. The summed E-state index contributed by atoms with van der Waals surface area (Å²) in [5, 5.41) is 24.4. The van der Waals surface area contributed by atoms with Gasteiger partial charge in [0.25, 0.3) is 17.3 Å². The molecule has 1 N–H and O–H groups in total. The molecule has 0 bridgehead atoms. The van der Waals surface area contributed by atoms with Gasteiger partial charge in [0.15, 0.2) is 0 Å². The summed E-state index contributed by atoms with van der Waals surface area (Å²) in [5.74, 6) is -0.750. The molecule has 2 rings (SSSR count). The van der Waals surface area contributed by atoms with Gasteiger partial charge >= 0.3 is 0 Å². The van der Waals surface area contributed by atoms with Gasteiger partial charge in [0.05, 0.1) is 15.9 Å². The fraction of sp³-hybridized carbons (Fsp3) is 0.222. The summed E-state index contributed by atoms with van der Waals surface area (Å²) in [6, 6.07) is 9.54. The first kappa shape index (κ1) is 20.5. The SMILES string of the molecule is CN(C)C(=O)CCc1ccc(NC(=O)c2ccc([N+](=O)[O-])cc2[N+](=O)[O-])cc1. The number of nitrogens with one attached hydrogen (secondary N) is 1. The van der Waals surface area contributed by atoms with E-state index in [1.165, 1.54) is 4.90 Å². The molecule has 0 heterocycles. The summed E-state index contributed by atoms with van der Waals surface area (Å²) in [6.07, 6.45) is 0.896. The molecule has 0 saturated heterocycles. The zero-order valence-corrected chi connectivity index (χ0v) is 15.2. The maximum absolute atomic E-state index is 12.4. The van der Waals surface area contributed by atoms with Crippen LogP contribution in [0.15, 0.2) is 42.5 Å². The van der Waals surface area contributed by atoms with E-state index in [2.05, 4.69) is 5.32 Å². The molecule has 0 aliphatic carbocycles. The molecular weight excluding hydrogens is 368 g/mol. The molecule has 0 aliphatic heterocycles. The maximum atomic E-state index is 12.4. The summed E-state index contributed by atoms with van der Waals surface area (Å²) in [5.41, 5.74) is -0.100. The van der Waals surface area contributed by atoms with Crippen molar-refractivity contribution in [2.45, 2.75) is 12.8 Å². The number of hydrogen-bond acceptors (Lipinski definition) is 6. The molecule has 2 aromatic carbocycles. The van der Waals surface area contributed by atoms with Crippen LogP contribution in [0.2, 0.25) is 0 Å². The number of nitro groups is 2. The predicted octanol–water partition coefficient (Wildman–Crippen LogP) is 2.78. The molecule has 0 atom stereocenters. The summed E-state index contributed by atoms with van der Waals surface area (Å²) < 4.78 is 0. The topological polar surface area (TPSA) is 136 Å². The van der Waals surface area contributed by atoms with Crippen LogP contribution in [-0.4, -0.2) is 40.7 Å². The van der Waals surface area contributed by atoms with Crippen LogP contribution in [-0.2, 0) is 11.2 Å². The van der Waals surface area contributed by atoms with Gasteiger partial charge in [0.2, 0.25) is 5.91 Å². The highest BCUT2D eigenvalue weighted by Crippen LogP contribution is 2.25. The Kier molecular flexibility index (Phi) is 6.38. The van der Waals surface area contributed by atoms with Crippen molar-refractivity contribution in [2.75, 3.05) is 19.4 Å². The van der Waals surface area contributed by atoms with E-state index < -0.39 is 27.1 Å². The number of anilines is 1. The molecule has 0 saturated carbocycles. The molecule has 0 unspecified atom stereocenters. The zero-order chi connectivity index (χ0) is 20.8. The molecule has 0 aliphatic rings. The fourth-order valence-corrected chi connectivity index (χ4v) is 2.40. The number of carbonyl (C=O) groups excluding carboxylic acids is 2. The monoisotopic (exact) mass is 386 g/mol. The van der Waals surface area contributed by atoms with Crippen LogP contribution in [0, 0.1) is 20.2 Å². The largest absolute Gasteiger partial charge is 0.349 e. The highest BCUT2D eigenvalue weighted by Gasteiger charge is 2.24. The average molecular weight is 386 g/mol. The molecule has 10 nitrogen and oxygen atoms in total. The van der Waals surface area contributed by atoms with Crippen molar-refractivity contribution in [1.29, 1.82) is 0 Å². The van der Waals surface area contributed by atoms with Crippen molar-refractivity contribution in [3.05, 3.63) is 73.8 Å². The lowest BCUT2D eigenvalue weighted by Crippen LogP contribution is -2.21. The predicted molar refractivity (Wildman–Crippen MR) is 101 cm³/mol. The summed E-state index contributed by atoms with van der Waals surface area (Å²) in [6.45, 7) is 0. The first-order valence-electron chi connectivity index (χ1n) is 8.22. The summed E-state index contributed by atoms with van der Waals surface area (Å²) in [7, 11) is 3.36. The molecule has 2 aromatic rings. The number of hydrogen-bond donors (Lipinski definition) is 1. The highest BCUT2D eigenvalue weighted by molar-refractivity contribution is 6.07. The van der Waals surface area contributed by atoms with Gasteiger partial charge < -0.3 is 10.2 Å². The van der Waals surface area contributed by atoms with Crippen molar-refractivity contribution in [3.63, 3.8) is 0 Å². The maximum Gasteiger partial charge on any atom is 0.289 e. The minimum absolute atomic E-state index is 0.00265. The third-order valence-electron chi connectivity index (χ3n) is 3.97. The Hall–Kier alpha value is -3.82. The van der Waals surface area contributed by atoms with Crippen molar-refractivity contribution in [3.8, 4) is 0 Å². The molecule has 0 fully saturated rings. The minimum atomic E-state index is -0.841. The first-order valence-corrected chi connectivity index (χ1v) is 8.22. The molecule has 2 amide bonds. The van der Waals surface area contributed by atoms with Crippen LogP contribution in [0.4, 0.5) is 17.1 Å². The average Bonchev–Trinajstić information content (AvgIpc) is 2.66. The van der Waals surface area contributed by atoms with Gasteiger partial charge in [-0.1, -0.05) is 12.1 Å². The van der Waals surface area contributed by atoms with E-state index in [-0.39, 0.29) is 11.5 Å². The second-order valence-corrected chi connectivity index (χ2v) is 6.15. The van der Waals surface area contributed by atoms with E-state index >= 15 is 0 Å². The Morgan fingerprint density at radius 3 is 2.18 bits per heavy atom. The number of benzene rings is 2. The Balaban J connectivity index is 2.11. The molecule has 146 valence electrons. The minimum Gasteiger partial charge on any atom is -0.349 e. The number of nitrogens with zero attached hydrogens (tertiary/aromatic N) is 3. The number of nitro benzene ring substituents is 2. The fourth-order valence-electron chi connectivity index (χ4n) is 2.40. The Labute approximate surface area is 160 Å². The molecule has 0 aromatic heterocycles. The van der Waals surface area contributed by atoms with E-state index in [4.69, 9.17) is 0 Å². The van der Waals surface area contributed by atoms with Gasteiger partial charge in [-0.15, -0.1) is 0 Å². The first-order chi connectivity index (χ1) is 13.2. The Morgan fingerprint density at radius 1 is 1.00 bits per heavy atom. The standard InChI is InChI=1S/C18H18N4O6/c1-20(2)17(23)10-5-12-3-6-13(7-4-12)19-18(24)15-9-8-14(21(25)26)11-16(15)22(27)28/h3-4,6-9,11H,5,10H2,1-2H3,(H,19,24). The van der Waals surface area contributed by atoms with Crippen LogP contribution in [0.1, 0.15) is 22.3 Å². The molecule has 28 heavy (non-hydrogen) atoms. The van der Waals surface area contributed by atoms with E-state index in [0.717, 1.165) is 23.8 Å². The quantitative estimate of drug-likeness (QED) is 0.574. The Morgan fingerprint density at radius 2 is 1.64 bits per heavy atom. The van der Waals surface area contributed by atoms with Crippen molar-refractivity contribution < 1.29 is 19.4 Å². The number of non-ortho nitro benzene ring substituents is 1. The van der Waals surface area contributed by atoms with Gasteiger partial charge in [-0.3, -0.25) is 29.8 Å². The zero-order valence-electron chi connectivity index (χ0n) is 15.2. The lowest BCUT2D eigenvalue weighted by Gasteiger charge is -2.10. The highest BCUT2D eigenvalue weighted by atomic mass is 16.6. The van der Waals surface area contributed by atoms with Crippen LogP contribution in [0.3, 0.4) is 0 Å². The second kappa shape index (κ2) is 8.71. The van der Waals surface area contributed by atoms with Crippen molar-refractivity contribution >= 4 is 28.9 Å². The lowest BCUT2D eigenvalue weighted by atomic mass is 10.1. The van der Waals surface area contributed by atoms with E-state index in [1.807, 2.05) is 0 Å². The van der Waals surface area contributed by atoms with E-state index in [1.54, 1.807) is 38.4 Å². The van der Waals surface area contributed by atoms with Crippen LogP contribution < -0.4 is 5.32 Å². The summed E-state index contributed by atoms with van der Waals surface area (Å²) >= 11 is 0. The number of amides is 2. The van der Waals surface area contributed by atoms with Gasteiger partial charge in [0, 0.05) is 32.3 Å². The smallest absolute Gasteiger partial charge is 0.289 e. The molecular formula is C18H18N4O6. The number of aryl methyl sites for hydroxylation is 1. The van der Waals surface area contributed by atoms with Gasteiger partial charge in [0.1, 0.15) is 5.56 Å². The third kappa shape index (κ3) is 5.10. The number of carbonyl (C=O) groups is 2. The molecule has 0 spiro atoms.